The molecule has 2 unspecified atom stereocenters. The maximum absolute atomic E-state index is 6.06. The fourth-order valence-corrected chi connectivity index (χ4v) is 4.15. The molecule has 0 saturated carbocycles. The van der Waals surface area contributed by atoms with Crippen molar-refractivity contribution in [2.75, 3.05) is 19.6 Å². The van der Waals surface area contributed by atoms with Gasteiger partial charge in [0.25, 0.3) is 0 Å². The highest BCUT2D eigenvalue weighted by Gasteiger charge is 2.26. The molecule has 1 aliphatic rings. The second kappa shape index (κ2) is 6.18. The van der Waals surface area contributed by atoms with Gasteiger partial charge >= 0.3 is 0 Å². The van der Waals surface area contributed by atoms with Crippen molar-refractivity contribution in [3.05, 3.63) is 21.4 Å². The lowest BCUT2D eigenvalue weighted by molar-refractivity contribution is 0.124. The minimum Gasteiger partial charge on any atom is -0.329 e. The maximum atomic E-state index is 6.06. The number of hydrogen-bond donors (Lipinski definition) is 1. The highest BCUT2D eigenvalue weighted by atomic mass is 32.1. The molecule has 1 saturated heterocycles. The van der Waals surface area contributed by atoms with E-state index >= 15 is 0 Å². The van der Waals surface area contributed by atoms with Gasteiger partial charge < -0.3 is 5.73 Å². The van der Waals surface area contributed by atoms with Crippen LogP contribution in [0, 0.1) is 19.8 Å². The summed E-state index contributed by atoms with van der Waals surface area (Å²) in [7, 11) is 0. The van der Waals surface area contributed by atoms with Crippen LogP contribution in [0.3, 0.4) is 0 Å². The van der Waals surface area contributed by atoms with E-state index in [0.717, 1.165) is 12.5 Å². The van der Waals surface area contributed by atoms with E-state index in [-0.39, 0.29) is 0 Å². The summed E-state index contributed by atoms with van der Waals surface area (Å²) in [5.74, 6) is 0.868. The van der Waals surface area contributed by atoms with Crippen molar-refractivity contribution in [1.29, 1.82) is 0 Å². The zero-order valence-electron chi connectivity index (χ0n) is 11.9. The zero-order chi connectivity index (χ0) is 13.1. The third kappa shape index (κ3) is 2.95. The molecule has 2 nitrogen and oxygen atoms in total. The molecule has 0 aliphatic carbocycles. The van der Waals surface area contributed by atoms with Crippen LogP contribution in [0.1, 0.15) is 47.5 Å². The molecule has 18 heavy (non-hydrogen) atoms. The van der Waals surface area contributed by atoms with Gasteiger partial charge in [-0.2, -0.15) is 0 Å². The molecule has 1 aromatic rings. The molecule has 1 fully saturated rings. The van der Waals surface area contributed by atoms with E-state index in [1.54, 1.807) is 0 Å². The summed E-state index contributed by atoms with van der Waals surface area (Å²) in [6.07, 6.45) is 4.03. The highest BCUT2D eigenvalue weighted by molar-refractivity contribution is 7.12. The van der Waals surface area contributed by atoms with E-state index in [1.807, 2.05) is 11.3 Å². The van der Waals surface area contributed by atoms with Crippen LogP contribution >= 0.6 is 11.3 Å². The fraction of sp³-hybridized carbons (Fsp3) is 0.733. The summed E-state index contributed by atoms with van der Waals surface area (Å²) < 4.78 is 0. The van der Waals surface area contributed by atoms with E-state index < -0.39 is 0 Å². The minimum atomic E-state index is 0.435. The summed E-state index contributed by atoms with van der Waals surface area (Å²) >= 11 is 1.90. The third-order valence-corrected chi connectivity index (χ3v) is 5.21. The summed E-state index contributed by atoms with van der Waals surface area (Å²) in [6.45, 7) is 9.93. The molecule has 2 rings (SSSR count). The predicted molar refractivity (Wildman–Crippen MR) is 80.2 cm³/mol. The van der Waals surface area contributed by atoms with Crippen LogP contribution in [-0.4, -0.2) is 24.5 Å². The van der Waals surface area contributed by atoms with E-state index in [9.17, 15) is 0 Å². The van der Waals surface area contributed by atoms with Crippen molar-refractivity contribution < 1.29 is 0 Å². The third-order valence-electron chi connectivity index (χ3n) is 4.23. The average molecular weight is 266 g/mol. The molecule has 102 valence electrons. The summed E-state index contributed by atoms with van der Waals surface area (Å²) in [5, 5.41) is 0. The smallest absolute Gasteiger partial charge is 0.0481 e. The van der Waals surface area contributed by atoms with Crippen molar-refractivity contribution in [2.45, 2.75) is 46.1 Å². The van der Waals surface area contributed by atoms with Gasteiger partial charge in [0, 0.05) is 28.9 Å². The second-order valence-corrected chi connectivity index (χ2v) is 6.99. The first-order valence-corrected chi connectivity index (χ1v) is 7.98. The van der Waals surface area contributed by atoms with Gasteiger partial charge in [-0.25, -0.2) is 0 Å². The van der Waals surface area contributed by atoms with Gasteiger partial charge in [-0.15, -0.1) is 11.3 Å². The molecule has 0 aromatic carbocycles. The molecule has 0 amide bonds. The van der Waals surface area contributed by atoms with Gasteiger partial charge in [-0.1, -0.05) is 13.3 Å². The summed E-state index contributed by atoms with van der Waals surface area (Å²) in [5.41, 5.74) is 7.53. The lowest BCUT2D eigenvalue weighted by Crippen LogP contribution is -2.41. The molecule has 0 bridgehead atoms. The SMILES string of the molecule is CCC1CCCN(C(CN)c2cc(C)sc2C)C1. The molecule has 1 aliphatic heterocycles. The minimum absolute atomic E-state index is 0.435. The van der Waals surface area contributed by atoms with Crippen LogP contribution in [0.4, 0.5) is 0 Å². The van der Waals surface area contributed by atoms with Crippen LogP contribution in [0.25, 0.3) is 0 Å². The van der Waals surface area contributed by atoms with Crippen molar-refractivity contribution >= 4 is 11.3 Å². The largest absolute Gasteiger partial charge is 0.329 e. The Morgan fingerprint density at radius 1 is 1.50 bits per heavy atom. The van der Waals surface area contributed by atoms with Crippen molar-refractivity contribution in [3.63, 3.8) is 0 Å². The number of nitrogens with two attached hydrogens (primary N) is 1. The average Bonchev–Trinajstić information content (AvgIpc) is 2.70. The summed E-state index contributed by atoms with van der Waals surface area (Å²) in [6, 6.07) is 2.77. The Labute approximate surface area is 115 Å². The quantitative estimate of drug-likeness (QED) is 0.904. The first kappa shape index (κ1) is 14.0. The number of hydrogen-bond acceptors (Lipinski definition) is 3. The normalized spacial score (nSPS) is 23.2. The van der Waals surface area contributed by atoms with Crippen LogP contribution in [0.15, 0.2) is 6.07 Å². The van der Waals surface area contributed by atoms with Gasteiger partial charge in [-0.3, -0.25) is 4.90 Å². The first-order valence-electron chi connectivity index (χ1n) is 7.16. The maximum Gasteiger partial charge on any atom is 0.0481 e. The Morgan fingerprint density at radius 2 is 2.28 bits per heavy atom. The topological polar surface area (TPSA) is 29.3 Å². The van der Waals surface area contributed by atoms with Gasteiger partial charge in [-0.05, 0) is 50.8 Å². The standard InChI is InChI=1S/C15H26N2S/c1-4-13-6-5-7-17(10-13)15(9-16)14-8-11(2)18-12(14)3/h8,13,15H,4-7,9-10,16H2,1-3H3. The van der Waals surface area contributed by atoms with Crippen LogP contribution < -0.4 is 5.73 Å². The molecular formula is C15H26N2S. The Morgan fingerprint density at radius 3 is 2.83 bits per heavy atom. The van der Waals surface area contributed by atoms with Crippen molar-refractivity contribution in [1.82, 2.24) is 4.90 Å². The monoisotopic (exact) mass is 266 g/mol. The van der Waals surface area contributed by atoms with E-state index in [2.05, 4.69) is 31.7 Å². The number of likely N-dealkylation sites (tertiary alicyclic amines) is 1. The van der Waals surface area contributed by atoms with Crippen molar-refractivity contribution in [3.8, 4) is 0 Å². The van der Waals surface area contributed by atoms with Gasteiger partial charge in [0.2, 0.25) is 0 Å². The van der Waals surface area contributed by atoms with Crippen LogP contribution in [-0.2, 0) is 0 Å². The summed E-state index contributed by atoms with van der Waals surface area (Å²) in [4.78, 5) is 5.47. The number of rotatable bonds is 4. The number of piperidine rings is 1. The van der Waals surface area contributed by atoms with Gasteiger partial charge in [0.1, 0.15) is 0 Å². The predicted octanol–water partition coefficient (Wildman–Crippen LogP) is 3.49. The van der Waals surface area contributed by atoms with Gasteiger partial charge in [0.05, 0.1) is 0 Å². The number of nitrogens with zero attached hydrogens (tertiary/aromatic N) is 1. The second-order valence-electron chi connectivity index (χ2n) is 5.53. The Hall–Kier alpha value is -0.380. The molecule has 0 spiro atoms. The molecule has 2 atom stereocenters. The van der Waals surface area contributed by atoms with E-state index in [4.69, 9.17) is 5.73 Å². The molecule has 0 radical (unpaired) electrons. The first-order chi connectivity index (χ1) is 8.65. The Bertz CT molecular complexity index is 386. The molecular weight excluding hydrogens is 240 g/mol. The highest BCUT2D eigenvalue weighted by Crippen LogP contribution is 2.32. The van der Waals surface area contributed by atoms with Crippen molar-refractivity contribution in [2.24, 2.45) is 11.7 Å². The molecule has 1 aromatic heterocycles. The Kier molecular flexibility index (Phi) is 4.82. The van der Waals surface area contributed by atoms with E-state index in [0.29, 0.717) is 6.04 Å². The van der Waals surface area contributed by atoms with Crippen LogP contribution in [0.2, 0.25) is 0 Å². The lowest BCUT2D eigenvalue weighted by Gasteiger charge is -2.37. The number of thiophene rings is 1. The van der Waals surface area contributed by atoms with Gasteiger partial charge in [0.15, 0.2) is 0 Å². The lowest BCUT2D eigenvalue weighted by atomic mass is 9.93. The molecule has 2 N–H and O–H groups in total. The number of aryl methyl sites for hydroxylation is 2. The zero-order valence-corrected chi connectivity index (χ0v) is 12.7. The molecule has 3 heteroatoms. The fourth-order valence-electron chi connectivity index (χ4n) is 3.17. The Balaban J connectivity index is 2.15. The van der Waals surface area contributed by atoms with E-state index in [1.165, 1.54) is 47.7 Å². The molecule has 2 heterocycles. The van der Waals surface area contributed by atoms with Crippen LogP contribution in [0.5, 0.6) is 0 Å².